The van der Waals surface area contributed by atoms with Gasteiger partial charge in [0.1, 0.15) is 0 Å². The number of amides is 1. The van der Waals surface area contributed by atoms with Crippen molar-refractivity contribution < 1.29 is 9.90 Å². The number of hydrogen-bond donors (Lipinski definition) is 1. The number of benzene rings is 1. The SMILES string of the molecule is CC(C)(C)c1ccc(C(=O)N2CCC(N3CCC[C@@H](O)C3)CC2)cc1. The van der Waals surface area contributed by atoms with Crippen molar-refractivity contribution in [2.45, 2.75) is 64.0 Å². The molecule has 0 saturated carbocycles. The average Bonchev–Trinajstić information content (AvgIpc) is 2.61. The number of aliphatic hydroxyl groups excluding tert-OH is 1. The molecule has 0 aromatic heterocycles. The fourth-order valence-corrected chi connectivity index (χ4v) is 4.04. The molecule has 0 spiro atoms. The zero-order valence-corrected chi connectivity index (χ0v) is 15.9. The zero-order valence-electron chi connectivity index (χ0n) is 15.9. The van der Waals surface area contributed by atoms with Gasteiger partial charge in [-0.25, -0.2) is 0 Å². The van der Waals surface area contributed by atoms with Gasteiger partial charge in [-0.05, 0) is 55.3 Å². The molecule has 2 fully saturated rings. The van der Waals surface area contributed by atoms with E-state index in [1.165, 1.54) is 5.56 Å². The first kappa shape index (κ1) is 18.4. The van der Waals surface area contributed by atoms with Gasteiger partial charge in [-0.1, -0.05) is 32.9 Å². The lowest BCUT2D eigenvalue weighted by molar-refractivity contribution is 0.0241. The minimum Gasteiger partial charge on any atom is -0.392 e. The minimum atomic E-state index is -0.172. The van der Waals surface area contributed by atoms with Gasteiger partial charge in [-0.15, -0.1) is 0 Å². The van der Waals surface area contributed by atoms with Crippen LogP contribution in [0.2, 0.25) is 0 Å². The van der Waals surface area contributed by atoms with E-state index < -0.39 is 0 Å². The second-order valence-corrected chi connectivity index (χ2v) is 8.64. The molecule has 4 heteroatoms. The van der Waals surface area contributed by atoms with Gasteiger partial charge in [0.15, 0.2) is 0 Å². The number of rotatable bonds is 2. The van der Waals surface area contributed by atoms with E-state index in [9.17, 15) is 9.90 Å². The fraction of sp³-hybridized carbons (Fsp3) is 0.667. The van der Waals surface area contributed by atoms with Gasteiger partial charge < -0.3 is 10.0 Å². The standard InChI is InChI=1S/C21H32N2O2/c1-21(2,3)17-8-6-16(7-9-17)20(25)22-13-10-18(11-14-22)23-12-4-5-19(24)15-23/h6-9,18-19,24H,4-5,10-15H2,1-3H3/t19-/m1/s1. The molecule has 0 bridgehead atoms. The van der Waals surface area contributed by atoms with Crippen LogP contribution in [0.25, 0.3) is 0 Å². The van der Waals surface area contributed by atoms with Crippen molar-refractivity contribution in [2.75, 3.05) is 26.2 Å². The Kier molecular flexibility index (Phi) is 5.49. The van der Waals surface area contributed by atoms with E-state index in [2.05, 4.69) is 37.8 Å². The Balaban J connectivity index is 1.56. The van der Waals surface area contributed by atoms with Crippen LogP contribution in [-0.2, 0) is 5.41 Å². The zero-order chi connectivity index (χ0) is 18.0. The number of hydrogen-bond acceptors (Lipinski definition) is 3. The van der Waals surface area contributed by atoms with E-state index in [0.717, 1.165) is 57.4 Å². The Hall–Kier alpha value is -1.39. The highest BCUT2D eigenvalue weighted by atomic mass is 16.3. The third-order valence-electron chi connectivity index (χ3n) is 5.69. The molecule has 2 heterocycles. The van der Waals surface area contributed by atoms with E-state index in [1.54, 1.807) is 0 Å². The third kappa shape index (κ3) is 4.42. The number of piperidine rings is 2. The van der Waals surface area contributed by atoms with Gasteiger partial charge in [0.25, 0.3) is 5.91 Å². The minimum absolute atomic E-state index is 0.110. The van der Waals surface area contributed by atoms with Gasteiger partial charge in [-0.3, -0.25) is 9.69 Å². The van der Waals surface area contributed by atoms with Crippen LogP contribution >= 0.6 is 0 Å². The molecule has 1 amide bonds. The van der Waals surface area contributed by atoms with Crippen LogP contribution < -0.4 is 0 Å². The van der Waals surface area contributed by atoms with E-state index in [1.807, 2.05) is 17.0 Å². The summed E-state index contributed by atoms with van der Waals surface area (Å²) in [4.78, 5) is 17.2. The maximum Gasteiger partial charge on any atom is 0.253 e. The highest BCUT2D eigenvalue weighted by Crippen LogP contribution is 2.24. The molecule has 2 aliphatic heterocycles. The van der Waals surface area contributed by atoms with Crippen molar-refractivity contribution in [3.63, 3.8) is 0 Å². The second kappa shape index (κ2) is 7.46. The van der Waals surface area contributed by atoms with Crippen molar-refractivity contribution in [2.24, 2.45) is 0 Å². The molecule has 2 aliphatic rings. The summed E-state index contributed by atoms with van der Waals surface area (Å²) in [6, 6.07) is 8.61. The summed E-state index contributed by atoms with van der Waals surface area (Å²) in [6.45, 7) is 10.1. The van der Waals surface area contributed by atoms with Crippen LogP contribution in [0.1, 0.15) is 62.4 Å². The number of carbonyl (C=O) groups excluding carboxylic acids is 1. The molecule has 1 N–H and O–H groups in total. The number of nitrogens with zero attached hydrogens (tertiary/aromatic N) is 2. The van der Waals surface area contributed by atoms with Gasteiger partial charge >= 0.3 is 0 Å². The molecular weight excluding hydrogens is 312 g/mol. The van der Waals surface area contributed by atoms with Crippen LogP contribution in [0.5, 0.6) is 0 Å². The molecule has 3 rings (SSSR count). The van der Waals surface area contributed by atoms with Crippen molar-refractivity contribution in [3.8, 4) is 0 Å². The Bertz CT molecular complexity index is 583. The summed E-state index contributed by atoms with van der Waals surface area (Å²) < 4.78 is 0. The monoisotopic (exact) mass is 344 g/mol. The molecule has 1 atom stereocenters. The summed E-state index contributed by atoms with van der Waals surface area (Å²) in [5.74, 6) is 0.151. The molecule has 25 heavy (non-hydrogen) atoms. The lowest BCUT2D eigenvalue weighted by Crippen LogP contribution is -2.50. The summed E-state index contributed by atoms with van der Waals surface area (Å²) in [5, 5.41) is 9.87. The Morgan fingerprint density at radius 1 is 1.04 bits per heavy atom. The summed E-state index contributed by atoms with van der Waals surface area (Å²) >= 11 is 0. The first-order chi connectivity index (χ1) is 11.8. The molecular formula is C21H32N2O2. The van der Waals surface area contributed by atoms with Crippen LogP contribution in [0, 0.1) is 0 Å². The predicted molar refractivity (Wildman–Crippen MR) is 101 cm³/mol. The van der Waals surface area contributed by atoms with E-state index in [4.69, 9.17) is 0 Å². The van der Waals surface area contributed by atoms with Gasteiger partial charge in [0, 0.05) is 31.2 Å². The van der Waals surface area contributed by atoms with Crippen molar-refractivity contribution in [1.82, 2.24) is 9.80 Å². The molecule has 2 saturated heterocycles. The number of carbonyl (C=O) groups is 1. The number of aliphatic hydroxyl groups is 1. The van der Waals surface area contributed by atoms with E-state index in [0.29, 0.717) is 6.04 Å². The number of β-amino-alcohol motifs (C(OH)–C–C–N with tert-alkyl or cyclic N) is 1. The normalized spacial score (nSPS) is 23.7. The molecule has 1 aromatic rings. The average molecular weight is 344 g/mol. The lowest BCUT2D eigenvalue weighted by Gasteiger charge is -2.41. The molecule has 0 unspecified atom stereocenters. The molecule has 0 aliphatic carbocycles. The van der Waals surface area contributed by atoms with E-state index >= 15 is 0 Å². The Labute approximate surface area is 151 Å². The van der Waals surface area contributed by atoms with Crippen LogP contribution in [0.4, 0.5) is 0 Å². The largest absolute Gasteiger partial charge is 0.392 e. The predicted octanol–water partition coefficient (Wildman–Crippen LogP) is 3.05. The third-order valence-corrected chi connectivity index (χ3v) is 5.69. The van der Waals surface area contributed by atoms with Crippen LogP contribution in [-0.4, -0.2) is 59.1 Å². The molecule has 4 nitrogen and oxygen atoms in total. The molecule has 0 radical (unpaired) electrons. The Morgan fingerprint density at radius 3 is 2.24 bits per heavy atom. The van der Waals surface area contributed by atoms with Gasteiger partial charge in [-0.2, -0.15) is 0 Å². The maximum absolute atomic E-state index is 12.8. The topological polar surface area (TPSA) is 43.8 Å². The smallest absolute Gasteiger partial charge is 0.253 e. The Morgan fingerprint density at radius 2 is 1.68 bits per heavy atom. The summed E-state index contributed by atoms with van der Waals surface area (Å²) in [7, 11) is 0. The highest BCUT2D eigenvalue weighted by Gasteiger charge is 2.30. The van der Waals surface area contributed by atoms with Crippen molar-refractivity contribution in [1.29, 1.82) is 0 Å². The quantitative estimate of drug-likeness (QED) is 0.897. The maximum atomic E-state index is 12.8. The summed E-state index contributed by atoms with van der Waals surface area (Å²) in [6.07, 6.45) is 3.87. The lowest BCUT2D eigenvalue weighted by atomic mass is 9.86. The molecule has 138 valence electrons. The fourth-order valence-electron chi connectivity index (χ4n) is 4.04. The summed E-state index contributed by atoms with van der Waals surface area (Å²) in [5.41, 5.74) is 2.16. The first-order valence-electron chi connectivity index (χ1n) is 9.66. The van der Waals surface area contributed by atoms with Crippen molar-refractivity contribution >= 4 is 5.91 Å². The van der Waals surface area contributed by atoms with Gasteiger partial charge in [0.05, 0.1) is 6.10 Å². The van der Waals surface area contributed by atoms with E-state index in [-0.39, 0.29) is 17.4 Å². The van der Waals surface area contributed by atoms with Crippen LogP contribution in [0.15, 0.2) is 24.3 Å². The second-order valence-electron chi connectivity index (χ2n) is 8.64. The first-order valence-corrected chi connectivity index (χ1v) is 9.66. The van der Waals surface area contributed by atoms with Crippen molar-refractivity contribution in [3.05, 3.63) is 35.4 Å². The number of likely N-dealkylation sites (tertiary alicyclic amines) is 2. The van der Waals surface area contributed by atoms with Gasteiger partial charge in [0.2, 0.25) is 0 Å². The van der Waals surface area contributed by atoms with Crippen LogP contribution in [0.3, 0.4) is 0 Å². The highest BCUT2D eigenvalue weighted by molar-refractivity contribution is 5.94. The molecule has 1 aromatic carbocycles.